The van der Waals surface area contributed by atoms with Crippen LogP contribution in [0.1, 0.15) is 30.4 Å². The Hall–Kier alpha value is -2.53. The van der Waals surface area contributed by atoms with Crippen LogP contribution in [0.3, 0.4) is 0 Å². The quantitative estimate of drug-likeness (QED) is 0.748. The van der Waals surface area contributed by atoms with Gasteiger partial charge in [0, 0.05) is 36.8 Å². The lowest BCUT2D eigenvalue weighted by atomic mass is 9.95. The Balaban J connectivity index is 0.00000280. The number of nitrogens with one attached hydrogen (secondary N) is 1. The van der Waals surface area contributed by atoms with Crippen molar-refractivity contribution in [3.63, 3.8) is 0 Å². The minimum absolute atomic E-state index is 0. The van der Waals surface area contributed by atoms with Gasteiger partial charge < -0.3 is 16.0 Å². The molecule has 1 saturated heterocycles. The first-order valence-electron chi connectivity index (χ1n) is 9.51. The molecule has 3 rings (SSSR count). The maximum Gasteiger partial charge on any atom is 0.227 e. The number of carbonyl (C=O) groups excluding carboxylic acids is 2. The topological polar surface area (TPSA) is 75.4 Å². The highest BCUT2D eigenvalue weighted by atomic mass is 35.5. The molecule has 0 unspecified atom stereocenters. The molecule has 0 radical (unpaired) electrons. The highest BCUT2D eigenvalue weighted by Crippen LogP contribution is 2.23. The Labute approximate surface area is 172 Å². The van der Waals surface area contributed by atoms with Crippen LogP contribution in [0.25, 0.3) is 0 Å². The Bertz CT molecular complexity index is 803. The summed E-state index contributed by atoms with van der Waals surface area (Å²) in [5.41, 5.74) is 9.38. The highest BCUT2D eigenvalue weighted by molar-refractivity contribution is 5.94. The number of halogens is 1. The van der Waals surface area contributed by atoms with Crippen LogP contribution in [-0.2, 0) is 16.0 Å². The van der Waals surface area contributed by atoms with Gasteiger partial charge in [-0.1, -0.05) is 36.4 Å². The molecule has 28 heavy (non-hydrogen) atoms. The van der Waals surface area contributed by atoms with Crippen molar-refractivity contribution in [2.24, 2.45) is 5.92 Å². The van der Waals surface area contributed by atoms with E-state index in [0.29, 0.717) is 38.0 Å². The van der Waals surface area contributed by atoms with Gasteiger partial charge >= 0.3 is 0 Å². The van der Waals surface area contributed by atoms with Crippen molar-refractivity contribution in [2.75, 3.05) is 24.1 Å². The van der Waals surface area contributed by atoms with E-state index in [1.54, 1.807) is 6.07 Å². The maximum absolute atomic E-state index is 12.6. The fourth-order valence-corrected chi connectivity index (χ4v) is 3.45. The number of aryl methyl sites for hydroxylation is 2. The van der Waals surface area contributed by atoms with E-state index in [1.807, 2.05) is 54.3 Å². The van der Waals surface area contributed by atoms with Gasteiger partial charge in [0.15, 0.2) is 0 Å². The molecule has 1 heterocycles. The number of hydrogen-bond acceptors (Lipinski definition) is 3. The molecule has 0 saturated carbocycles. The number of likely N-dealkylation sites (tertiary alicyclic amines) is 1. The van der Waals surface area contributed by atoms with E-state index >= 15 is 0 Å². The van der Waals surface area contributed by atoms with Gasteiger partial charge in [-0.2, -0.15) is 0 Å². The summed E-state index contributed by atoms with van der Waals surface area (Å²) in [4.78, 5) is 26.9. The third kappa shape index (κ3) is 5.73. The molecule has 1 fully saturated rings. The van der Waals surface area contributed by atoms with Crippen molar-refractivity contribution in [3.05, 3.63) is 59.7 Å². The number of nitrogen functional groups attached to an aromatic ring is 1. The number of anilines is 2. The van der Waals surface area contributed by atoms with Crippen LogP contribution in [0.5, 0.6) is 0 Å². The van der Waals surface area contributed by atoms with E-state index in [2.05, 4.69) is 5.32 Å². The van der Waals surface area contributed by atoms with Crippen LogP contribution in [0, 0.1) is 12.8 Å². The SMILES string of the molecule is Cc1ccc(N)cc1NC(=O)C1CCN(C(=O)CCc2ccccc2)CC1.Cl. The number of carbonyl (C=O) groups is 2. The zero-order chi connectivity index (χ0) is 19.2. The maximum atomic E-state index is 12.6. The van der Waals surface area contributed by atoms with Gasteiger partial charge in [0.1, 0.15) is 0 Å². The van der Waals surface area contributed by atoms with Gasteiger partial charge in [-0.3, -0.25) is 9.59 Å². The zero-order valence-corrected chi connectivity index (χ0v) is 17.0. The second-order valence-electron chi connectivity index (χ2n) is 7.20. The highest BCUT2D eigenvalue weighted by Gasteiger charge is 2.27. The lowest BCUT2D eigenvalue weighted by Crippen LogP contribution is -2.41. The van der Waals surface area contributed by atoms with Gasteiger partial charge in [-0.05, 0) is 49.4 Å². The predicted molar refractivity (Wildman–Crippen MR) is 116 cm³/mol. The number of nitrogens with two attached hydrogens (primary N) is 1. The minimum Gasteiger partial charge on any atom is -0.399 e. The van der Waals surface area contributed by atoms with E-state index < -0.39 is 0 Å². The van der Waals surface area contributed by atoms with Gasteiger partial charge in [0.2, 0.25) is 11.8 Å². The molecule has 2 aromatic rings. The zero-order valence-electron chi connectivity index (χ0n) is 16.2. The molecule has 3 N–H and O–H groups in total. The molecule has 1 aliphatic rings. The summed E-state index contributed by atoms with van der Waals surface area (Å²) in [5.74, 6) is 0.119. The van der Waals surface area contributed by atoms with Crippen molar-refractivity contribution < 1.29 is 9.59 Å². The number of nitrogens with zero attached hydrogens (tertiary/aromatic N) is 1. The molecule has 0 aromatic heterocycles. The fraction of sp³-hybridized carbons (Fsp3) is 0.364. The summed E-state index contributed by atoms with van der Waals surface area (Å²) >= 11 is 0. The summed E-state index contributed by atoms with van der Waals surface area (Å²) in [6, 6.07) is 15.6. The van der Waals surface area contributed by atoms with Gasteiger partial charge in [-0.15, -0.1) is 12.4 Å². The Morgan fingerprint density at radius 3 is 2.46 bits per heavy atom. The van der Waals surface area contributed by atoms with E-state index in [9.17, 15) is 9.59 Å². The van der Waals surface area contributed by atoms with E-state index in [-0.39, 0.29) is 30.1 Å². The molecule has 2 amide bonds. The number of benzene rings is 2. The third-order valence-corrected chi connectivity index (χ3v) is 5.21. The molecule has 0 aliphatic carbocycles. The summed E-state index contributed by atoms with van der Waals surface area (Å²) in [6.07, 6.45) is 2.67. The molecule has 1 aliphatic heterocycles. The third-order valence-electron chi connectivity index (χ3n) is 5.21. The molecule has 0 bridgehead atoms. The lowest BCUT2D eigenvalue weighted by molar-refractivity contribution is -0.134. The second kappa shape index (κ2) is 10.1. The monoisotopic (exact) mass is 401 g/mol. The molecule has 5 nitrogen and oxygen atoms in total. The van der Waals surface area contributed by atoms with Crippen LogP contribution >= 0.6 is 12.4 Å². The van der Waals surface area contributed by atoms with Crippen molar-refractivity contribution in [1.29, 1.82) is 0 Å². The molecule has 6 heteroatoms. The largest absolute Gasteiger partial charge is 0.399 e. The standard InChI is InChI=1S/C22H27N3O2.ClH/c1-16-7-9-19(23)15-20(16)24-22(27)18-11-13-25(14-12-18)21(26)10-8-17-5-3-2-4-6-17;/h2-7,9,15,18H,8,10-14,23H2,1H3,(H,24,27);1H. The van der Waals surface area contributed by atoms with Crippen molar-refractivity contribution in [3.8, 4) is 0 Å². The van der Waals surface area contributed by atoms with Crippen LogP contribution in [0.4, 0.5) is 11.4 Å². The average Bonchev–Trinajstić information content (AvgIpc) is 2.70. The van der Waals surface area contributed by atoms with Gasteiger partial charge in [0.25, 0.3) is 0 Å². The molecule has 0 spiro atoms. The average molecular weight is 402 g/mol. The van der Waals surface area contributed by atoms with Crippen LogP contribution in [-0.4, -0.2) is 29.8 Å². The number of piperidine rings is 1. The van der Waals surface area contributed by atoms with Crippen molar-refractivity contribution in [1.82, 2.24) is 4.90 Å². The first kappa shape index (κ1) is 21.8. The summed E-state index contributed by atoms with van der Waals surface area (Å²) in [7, 11) is 0. The van der Waals surface area contributed by atoms with Crippen LogP contribution < -0.4 is 11.1 Å². The number of amides is 2. The Morgan fingerprint density at radius 2 is 1.79 bits per heavy atom. The first-order valence-corrected chi connectivity index (χ1v) is 9.51. The predicted octanol–water partition coefficient (Wildman–Crippen LogP) is 3.81. The Morgan fingerprint density at radius 1 is 1.11 bits per heavy atom. The number of hydrogen-bond donors (Lipinski definition) is 2. The molecular formula is C22H28ClN3O2. The van der Waals surface area contributed by atoms with E-state index in [0.717, 1.165) is 17.7 Å². The van der Waals surface area contributed by atoms with Crippen molar-refractivity contribution >= 4 is 35.6 Å². The summed E-state index contributed by atoms with van der Waals surface area (Å²) < 4.78 is 0. The molecular weight excluding hydrogens is 374 g/mol. The normalized spacial score (nSPS) is 14.2. The first-order chi connectivity index (χ1) is 13.0. The van der Waals surface area contributed by atoms with E-state index in [1.165, 1.54) is 5.56 Å². The summed E-state index contributed by atoms with van der Waals surface area (Å²) in [5, 5.41) is 2.99. The Kier molecular flexibility index (Phi) is 7.88. The van der Waals surface area contributed by atoms with Gasteiger partial charge in [0.05, 0.1) is 0 Å². The van der Waals surface area contributed by atoms with Gasteiger partial charge in [-0.25, -0.2) is 0 Å². The lowest BCUT2D eigenvalue weighted by Gasteiger charge is -2.31. The molecule has 2 aromatic carbocycles. The van der Waals surface area contributed by atoms with Crippen molar-refractivity contribution in [2.45, 2.75) is 32.6 Å². The smallest absolute Gasteiger partial charge is 0.227 e. The number of rotatable bonds is 5. The van der Waals surface area contributed by atoms with E-state index in [4.69, 9.17) is 5.73 Å². The minimum atomic E-state index is -0.0657. The molecule has 0 atom stereocenters. The van der Waals surface area contributed by atoms with Crippen LogP contribution in [0.15, 0.2) is 48.5 Å². The summed E-state index contributed by atoms with van der Waals surface area (Å²) in [6.45, 7) is 3.23. The van der Waals surface area contributed by atoms with Crippen LogP contribution in [0.2, 0.25) is 0 Å². The fourth-order valence-electron chi connectivity index (χ4n) is 3.45. The molecule has 150 valence electrons. The second-order valence-corrected chi connectivity index (χ2v) is 7.20.